The normalized spacial score (nSPS) is 23.0. The summed E-state index contributed by atoms with van der Waals surface area (Å²) in [6, 6.07) is 9.26. The van der Waals surface area contributed by atoms with Crippen LogP contribution in [0.25, 0.3) is 0 Å². The maximum atomic E-state index is 14.5. The van der Waals surface area contributed by atoms with E-state index in [4.69, 9.17) is 0 Å². The quantitative estimate of drug-likeness (QED) is 0.535. The highest BCUT2D eigenvalue weighted by Crippen LogP contribution is 2.49. The van der Waals surface area contributed by atoms with Crippen LogP contribution in [-0.2, 0) is 16.4 Å². The predicted molar refractivity (Wildman–Crippen MR) is 130 cm³/mol. The first-order valence-electron chi connectivity index (χ1n) is 12.1. The molecule has 2 aromatic carbocycles. The van der Waals surface area contributed by atoms with E-state index in [9.17, 15) is 21.6 Å². The van der Waals surface area contributed by atoms with Crippen molar-refractivity contribution >= 4 is 10.0 Å². The molecule has 0 radical (unpaired) electrons. The Bertz CT molecular complexity index is 1400. The highest BCUT2D eigenvalue weighted by molar-refractivity contribution is 7.90. The largest absolute Gasteiger partial charge is 0.364 e. The van der Waals surface area contributed by atoms with Crippen molar-refractivity contribution in [3.8, 4) is 0 Å². The summed E-state index contributed by atoms with van der Waals surface area (Å²) in [5.41, 5.74) is 2.71. The van der Waals surface area contributed by atoms with E-state index in [1.54, 1.807) is 23.3 Å². The number of rotatable bonds is 6. The van der Waals surface area contributed by atoms with E-state index in [0.717, 1.165) is 35.5 Å². The highest BCUT2D eigenvalue weighted by Gasteiger charge is 2.58. The fraction of sp³-hybridized carbons (Fsp3) is 0.333. The van der Waals surface area contributed by atoms with Gasteiger partial charge in [0.05, 0.1) is 23.0 Å². The highest BCUT2D eigenvalue weighted by atomic mass is 32.2. The Balaban J connectivity index is 1.22. The summed E-state index contributed by atoms with van der Waals surface area (Å²) in [5, 5.41) is 1.65. The van der Waals surface area contributed by atoms with Crippen LogP contribution in [0.15, 0.2) is 78.3 Å². The Morgan fingerprint density at radius 3 is 2.47 bits per heavy atom. The first kappa shape index (κ1) is 23.4. The number of hydrogen-bond donors (Lipinski definition) is 0. The van der Waals surface area contributed by atoms with E-state index in [1.165, 1.54) is 22.6 Å². The molecule has 0 aromatic heterocycles. The molecular formula is C27H26F3N3O2S. The van der Waals surface area contributed by atoms with E-state index in [0.29, 0.717) is 37.8 Å². The molecule has 1 saturated heterocycles. The molecule has 0 spiro atoms. The lowest BCUT2D eigenvalue weighted by atomic mass is 10.0. The lowest BCUT2D eigenvalue weighted by molar-refractivity contribution is 0.202. The number of hydrogen-bond acceptors (Lipinski definition) is 4. The van der Waals surface area contributed by atoms with Crippen molar-refractivity contribution in [2.45, 2.75) is 42.9 Å². The molecule has 5 nitrogen and oxygen atoms in total. The van der Waals surface area contributed by atoms with Crippen LogP contribution in [0.5, 0.6) is 0 Å². The van der Waals surface area contributed by atoms with Gasteiger partial charge >= 0.3 is 0 Å². The van der Waals surface area contributed by atoms with Crippen molar-refractivity contribution in [2.24, 2.45) is 0 Å². The SMILES string of the molecule is O=S(=O)(N1CC=C2C=C(N3CCC[C@@H]3c3cc(F)ccc3F)C=CN21)C1(Cc2ccc(F)cc2)CC1. The van der Waals surface area contributed by atoms with Crippen molar-refractivity contribution in [2.75, 3.05) is 13.1 Å². The topological polar surface area (TPSA) is 43.9 Å². The summed E-state index contributed by atoms with van der Waals surface area (Å²) in [4.78, 5) is 2.06. The minimum absolute atomic E-state index is 0.221. The monoisotopic (exact) mass is 513 g/mol. The maximum absolute atomic E-state index is 14.5. The molecule has 3 heterocycles. The molecule has 36 heavy (non-hydrogen) atoms. The molecule has 9 heteroatoms. The van der Waals surface area contributed by atoms with Gasteiger partial charge in [-0.3, -0.25) is 5.01 Å². The number of likely N-dealkylation sites (tertiary alicyclic amines) is 1. The van der Waals surface area contributed by atoms with Crippen LogP contribution in [0.1, 0.15) is 42.9 Å². The van der Waals surface area contributed by atoms with Gasteiger partial charge in [-0.15, -0.1) is 4.41 Å². The molecular weight excluding hydrogens is 487 g/mol. The molecule has 4 aliphatic rings. The van der Waals surface area contributed by atoms with E-state index in [1.807, 2.05) is 18.2 Å². The first-order chi connectivity index (χ1) is 17.3. The zero-order chi connectivity index (χ0) is 25.1. The van der Waals surface area contributed by atoms with Crippen LogP contribution < -0.4 is 0 Å². The van der Waals surface area contributed by atoms with Crippen LogP contribution in [0.2, 0.25) is 0 Å². The fourth-order valence-electron chi connectivity index (χ4n) is 5.54. The molecule has 3 aliphatic heterocycles. The van der Waals surface area contributed by atoms with E-state index >= 15 is 0 Å². The summed E-state index contributed by atoms with van der Waals surface area (Å²) in [6.45, 7) is 0.922. The van der Waals surface area contributed by atoms with Gasteiger partial charge in [-0.25, -0.2) is 21.6 Å². The van der Waals surface area contributed by atoms with Crippen LogP contribution in [0, 0.1) is 17.5 Å². The van der Waals surface area contributed by atoms with Gasteiger partial charge < -0.3 is 4.90 Å². The van der Waals surface area contributed by atoms with Crippen molar-refractivity contribution in [1.82, 2.24) is 14.3 Å². The molecule has 1 saturated carbocycles. The van der Waals surface area contributed by atoms with Gasteiger partial charge in [-0.1, -0.05) is 12.1 Å². The van der Waals surface area contributed by atoms with Crippen LogP contribution in [0.4, 0.5) is 13.2 Å². The Labute approximate surface area is 208 Å². The van der Waals surface area contributed by atoms with Gasteiger partial charge in [0.1, 0.15) is 17.5 Å². The van der Waals surface area contributed by atoms with Gasteiger partial charge in [-0.05, 0) is 86.2 Å². The molecule has 1 atom stereocenters. The van der Waals surface area contributed by atoms with E-state index < -0.39 is 26.4 Å². The fourth-order valence-corrected chi connectivity index (χ4v) is 7.60. The van der Waals surface area contributed by atoms with Gasteiger partial charge in [0.2, 0.25) is 10.0 Å². The average Bonchev–Trinajstić information content (AvgIpc) is 3.29. The van der Waals surface area contributed by atoms with Gasteiger partial charge in [-0.2, -0.15) is 0 Å². The van der Waals surface area contributed by atoms with Crippen LogP contribution in [-0.4, -0.2) is 40.6 Å². The molecule has 0 amide bonds. The first-order valence-corrected chi connectivity index (χ1v) is 13.6. The zero-order valence-electron chi connectivity index (χ0n) is 19.6. The summed E-state index contributed by atoms with van der Waals surface area (Å²) < 4.78 is 69.6. The second-order valence-electron chi connectivity index (χ2n) is 9.87. The average molecular weight is 514 g/mol. The van der Waals surface area contributed by atoms with Crippen LogP contribution >= 0.6 is 0 Å². The standard InChI is InChI=1S/C27H26F3N3O2S/c28-20-5-3-19(4-6-20)18-27(11-12-27)36(34,35)33-15-10-23-17-22(9-14-32(23)33)31-13-1-2-26(31)24-16-21(29)7-8-25(24)30/h3-10,14,16-17,26H,1-2,11-13,15,18H2/t26-/m1/s1. The van der Waals surface area contributed by atoms with E-state index in [-0.39, 0.29) is 18.4 Å². The zero-order valence-corrected chi connectivity index (χ0v) is 20.4. The number of nitrogens with zero attached hydrogens (tertiary/aromatic N) is 3. The molecule has 0 N–H and O–H groups in total. The minimum Gasteiger partial charge on any atom is -0.364 e. The maximum Gasteiger partial charge on any atom is 0.237 e. The summed E-state index contributed by atoms with van der Waals surface area (Å²) in [5.74, 6) is -1.24. The summed E-state index contributed by atoms with van der Waals surface area (Å²) >= 11 is 0. The lowest BCUT2D eigenvalue weighted by Crippen LogP contribution is -2.46. The summed E-state index contributed by atoms with van der Waals surface area (Å²) in [6.07, 6.45) is 10.4. The second kappa shape index (κ2) is 8.52. The number of halogens is 3. The van der Waals surface area contributed by atoms with Gasteiger partial charge in [0, 0.05) is 24.0 Å². The Morgan fingerprint density at radius 1 is 0.972 bits per heavy atom. The van der Waals surface area contributed by atoms with Crippen molar-refractivity contribution < 1.29 is 21.6 Å². The van der Waals surface area contributed by atoms with Gasteiger partial charge in [0.25, 0.3) is 0 Å². The van der Waals surface area contributed by atoms with Crippen molar-refractivity contribution in [3.05, 3.63) is 107 Å². The Morgan fingerprint density at radius 2 is 1.72 bits per heavy atom. The minimum atomic E-state index is -3.68. The van der Waals surface area contributed by atoms with E-state index in [2.05, 4.69) is 4.90 Å². The lowest BCUT2D eigenvalue weighted by Gasteiger charge is -2.35. The number of sulfonamides is 1. The van der Waals surface area contributed by atoms with Gasteiger partial charge in [0.15, 0.2) is 0 Å². The van der Waals surface area contributed by atoms with Crippen LogP contribution in [0.3, 0.4) is 0 Å². The van der Waals surface area contributed by atoms with Crippen molar-refractivity contribution in [3.63, 3.8) is 0 Å². The Kier molecular flexibility index (Phi) is 5.53. The number of allylic oxidation sites excluding steroid dienone is 2. The molecule has 2 fully saturated rings. The van der Waals surface area contributed by atoms with Crippen molar-refractivity contribution in [1.29, 1.82) is 0 Å². The summed E-state index contributed by atoms with van der Waals surface area (Å²) in [7, 11) is -3.68. The number of fused-ring (bicyclic) bond motifs is 1. The molecule has 1 aliphatic carbocycles. The molecule has 0 unspecified atom stereocenters. The number of benzene rings is 2. The Hall–Kier alpha value is -3.04. The number of hydrazine groups is 1. The third-order valence-corrected chi connectivity index (χ3v) is 10.1. The molecule has 0 bridgehead atoms. The molecule has 188 valence electrons. The third kappa shape index (κ3) is 3.85. The smallest absolute Gasteiger partial charge is 0.237 e. The third-order valence-electron chi connectivity index (χ3n) is 7.62. The second-order valence-corrected chi connectivity index (χ2v) is 12.1. The molecule has 2 aromatic rings. The predicted octanol–water partition coefficient (Wildman–Crippen LogP) is 5.17. The molecule has 6 rings (SSSR count).